The second-order valence-electron chi connectivity index (χ2n) is 4.77. The number of piperidine rings is 1. The molecule has 2 heterocycles. The monoisotopic (exact) mass is 288 g/mol. The third-order valence-electron chi connectivity index (χ3n) is 3.46. The summed E-state index contributed by atoms with van der Waals surface area (Å²) in [6.07, 6.45) is 1.96. The van der Waals surface area contributed by atoms with Crippen molar-refractivity contribution in [1.82, 2.24) is 9.80 Å². The molecule has 19 heavy (non-hydrogen) atoms. The van der Waals surface area contributed by atoms with E-state index in [9.17, 15) is 9.59 Å². The second kappa shape index (κ2) is 6.47. The molecule has 2 aliphatic heterocycles. The lowest BCUT2D eigenvalue weighted by Crippen LogP contribution is -2.52. The molecule has 0 aliphatic carbocycles. The average Bonchev–Trinajstić information content (AvgIpc) is 2.88. The summed E-state index contributed by atoms with van der Waals surface area (Å²) in [4.78, 5) is 26.7. The fourth-order valence-corrected chi connectivity index (χ4v) is 3.64. The van der Waals surface area contributed by atoms with Crippen LogP contribution < -0.4 is 0 Å². The Balaban J connectivity index is 1.96. The van der Waals surface area contributed by atoms with Crippen molar-refractivity contribution in [3.63, 3.8) is 0 Å². The standard InChI is InChI=1S/C12H20N2O4S/c1-2-18-9-4-3-5-13(6-9)12(17)14-8-19-7-10(14)11(15)16/h9-10H,2-8H2,1H3,(H,15,16)/t9?,10-/m0/s1. The molecule has 0 radical (unpaired) electrons. The molecule has 2 aliphatic rings. The third-order valence-corrected chi connectivity index (χ3v) is 4.48. The zero-order valence-electron chi connectivity index (χ0n) is 11.1. The molecule has 2 rings (SSSR count). The van der Waals surface area contributed by atoms with E-state index in [4.69, 9.17) is 9.84 Å². The van der Waals surface area contributed by atoms with Crippen LogP contribution in [0.15, 0.2) is 0 Å². The predicted molar refractivity (Wildman–Crippen MR) is 72.2 cm³/mol. The Morgan fingerprint density at radius 3 is 2.95 bits per heavy atom. The van der Waals surface area contributed by atoms with E-state index in [1.54, 1.807) is 4.90 Å². The Morgan fingerprint density at radius 2 is 2.26 bits per heavy atom. The van der Waals surface area contributed by atoms with Crippen LogP contribution in [-0.2, 0) is 9.53 Å². The van der Waals surface area contributed by atoms with Crippen LogP contribution in [0, 0.1) is 0 Å². The number of thioether (sulfide) groups is 1. The van der Waals surface area contributed by atoms with Gasteiger partial charge in [0.15, 0.2) is 0 Å². The van der Waals surface area contributed by atoms with Crippen molar-refractivity contribution < 1.29 is 19.4 Å². The summed E-state index contributed by atoms with van der Waals surface area (Å²) in [5.74, 6) is 0.0202. The minimum absolute atomic E-state index is 0.0845. The van der Waals surface area contributed by atoms with Gasteiger partial charge < -0.3 is 19.6 Å². The molecule has 1 unspecified atom stereocenters. The van der Waals surface area contributed by atoms with E-state index in [2.05, 4.69) is 0 Å². The van der Waals surface area contributed by atoms with Crippen molar-refractivity contribution in [2.45, 2.75) is 31.9 Å². The molecule has 2 amide bonds. The fourth-order valence-electron chi connectivity index (χ4n) is 2.50. The van der Waals surface area contributed by atoms with E-state index < -0.39 is 12.0 Å². The lowest BCUT2D eigenvalue weighted by molar-refractivity contribution is -0.141. The van der Waals surface area contributed by atoms with Gasteiger partial charge in [-0.1, -0.05) is 0 Å². The molecule has 2 fully saturated rings. The van der Waals surface area contributed by atoms with Gasteiger partial charge in [0.05, 0.1) is 12.0 Å². The van der Waals surface area contributed by atoms with Gasteiger partial charge in [0, 0.05) is 25.4 Å². The number of hydrogen-bond donors (Lipinski definition) is 1. The first-order valence-corrected chi connectivity index (χ1v) is 7.76. The molecule has 0 aromatic heterocycles. The van der Waals surface area contributed by atoms with Gasteiger partial charge in [-0.2, -0.15) is 0 Å². The molecule has 2 saturated heterocycles. The largest absolute Gasteiger partial charge is 0.480 e. The van der Waals surface area contributed by atoms with Crippen LogP contribution in [0.5, 0.6) is 0 Å². The Bertz CT molecular complexity index is 351. The van der Waals surface area contributed by atoms with Crippen molar-refractivity contribution in [2.24, 2.45) is 0 Å². The highest BCUT2D eigenvalue weighted by molar-refractivity contribution is 7.99. The second-order valence-corrected chi connectivity index (χ2v) is 5.77. The molecule has 108 valence electrons. The van der Waals surface area contributed by atoms with Gasteiger partial charge in [-0.3, -0.25) is 0 Å². The molecule has 0 aromatic rings. The Hall–Kier alpha value is -0.950. The number of nitrogens with zero attached hydrogens (tertiary/aromatic N) is 2. The van der Waals surface area contributed by atoms with Crippen LogP contribution in [0.2, 0.25) is 0 Å². The molecule has 7 heteroatoms. The van der Waals surface area contributed by atoms with Crippen molar-refractivity contribution in [1.29, 1.82) is 0 Å². The minimum atomic E-state index is -0.920. The molecular formula is C12H20N2O4S. The summed E-state index contributed by atoms with van der Waals surface area (Å²) < 4.78 is 5.57. The van der Waals surface area contributed by atoms with Crippen LogP contribution in [-0.4, -0.2) is 70.4 Å². The minimum Gasteiger partial charge on any atom is -0.480 e. The van der Waals surface area contributed by atoms with Crippen molar-refractivity contribution in [3.8, 4) is 0 Å². The lowest BCUT2D eigenvalue weighted by atomic mass is 10.1. The highest BCUT2D eigenvalue weighted by Crippen LogP contribution is 2.24. The number of urea groups is 1. The Kier molecular flexibility index (Phi) is 4.93. The third kappa shape index (κ3) is 3.33. The van der Waals surface area contributed by atoms with Gasteiger partial charge in [-0.05, 0) is 19.8 Å². The number of carboxylic acid groups (broad SMARTS) is 1. The van der Waals surface area contributed by atoms with E-state index in [0.29, 0.717) is 31.3 Å². The molecule has 0 spiro atoms. The van der Waals surface area contributed by atoms with Gasteiger partial charge >= 0.3 is 12.0 Å². The average molecular weight is 288 g/mol. The lowest BCUT2D eigenvalue weighted by Gasteiger charge is -2.35. The maximum absolute atomic E-state index is 12.4. The molecule has 0 aromatic carbocycles. The van der Waals surface area contributed by atoms with Gasteiger partial charge in [0.1, 0.15) is 6.04 Å². The molecular weight excluding hydrogens is 268 g/mol. The predicted octanol–water partition coefficient (Wildman–Crippen LogP) is 1.07. The number of likely N-dealkylation sites (tertiary alicyclic amines) is 1. The van der Waals surface area contributed by atoms with E-state index in [1.165, 1.54) is 16.7 Å². The normalized spacial score (nSPS) is 27.6. The first-order valence-electron chi connectivity index (χ1n) is 6.61. The highest BCUT2D eigenvalue weighted by atomic mass is 32.2. The maximum atomic E-state index is 12.4. The number of aliphatic carboxylic acids is 1. The van der Waals surface area contributed by atoms with Crippen LogP contribution in [0.25, 0.3) is 0 Å². The van der Waals surface area contributed by atoms with Crippen LogP contribution in [0.4, 0.5) is 4.79 Å². The van der Waals surface area contributed by atoms with Crippen molar-refractivity contribution in [3.05, 3.63) is 0 Å². The maximum Gasteiger partial charge on any atom is 0.327 e. The first-order chi connectivity index (χ1) is 9.13. The van der Waals surface area contributed by atoms with Crippen LogP contribution in [0.3, 0.4) is 0 Å². The van der Waals surface area contributed by atoms with Gasteiger partial charge in [-0.15, -0.1) is 11.8 Å². The number of carbonyl (C=O) groups excluding carboxylic acids is 1. The van der Waals surface area contributed by atoms with Crippen molar-refractivity contribution in [2.75, 3.05) is 31.3 Å². The zero-order valence-corrected chi connectivity index (χ0v) is 11.9. The summed E-state index contributed by atoms with van der Waals surface area (Å²) in [5.41, 5.74) is 0. The number of carboxylic acids is 1. The Morgan fingerprint density at radius 1 is 1.47 bits per heavy atom. The summed E-state index contributed by atoms with van der Waals surface area (Å²) in [6.45, 7) is 3.85. The van der Waals surface area contributed by atoms with Gasteiger partial charge in [-0.25, -0.2) is 9.59 Å². The number of amides is 2. The summed E-state index contributed by atoms with van der Waals surface area (Å²) in [5, 5.41) is 9.12. The van der Waals surface area contributed by atoms with Gasteiger partial charge in [0.2, 0.25) is 0 Å². The number of hydrogen-bond acceptors (Lipinski definition) is 4. The summed E-state index contributed by atoms with van der Waals surface area (Å²) in [6, 6.07) is -0.855. The topological polar surface area (TPSA) is 70.1 Å². The van der Waals surface area contributed by atoms with Crippen molar-refractivity contribution >= 4 is 23.8 Å². The van der Waals surface area contributed by atoms with Gasteiger partial charge in [0.25, 0.3) is 0 Å². The first kappa shape index (κ1) is 14.5. The smallest absolute Gasteiger partial charge is 0.327 e. The summed E-state index contributed by atoms with van der Waals surface area (Å²) in [7, 11) is 0. The number of rotatable bonds is 3. The van der Waals surface area contributed by atoms with E-state index >= 15 is 0 Å². The molecule has 6 nitrogen and oxygen atoms in total. The van der Waals surface area contributed by atoms with Crippen LogP contribution >= 0.6 is 11.8 Å². The fraction of sp³-hybridized carbons (Fsp3) is 0.833. The molecule has 0 saturated carbocycles. The summed E-state index contributed by atoms with van der Waals surface area (Å²) >= 11 is 1.49. The number of carbonyl (C=O) groups is 2. The molecule has 0 bridgehead atoms. The molecule has 2 atom stereocenters. The quantitative estimate of drug-likeness (QED) is 0.841. The van der Waals surface area contributed by atoms with Crippen LogP contribution in [0.1, 0.15) is 19.8 Å². The van der Waals surface area contributed by atoms with E-state index in [1.807, 2.05) is 6.92 Å². The SMILES string of the molecule is CCOC1CCCN(C(=O)N2CSC[C@H]2C(=O)O)C1. The number of ether oxygens (including phenoxy) is 1. The Labute approximate surface area is 117 Å². The van der Waals surface area contributed by atoms with E-state index in [0.717, 1.165) is 12.8 Å². The van der Waals surface area contributed by atoms with E-state index in [-0.39, 0.29) is 12.1 Å². The highest BCUT2D eigenvalue weighted by Gasteiger charge is 2.37. The zero-order chi connectivity index (χ0) is 13.8. The molecule has 1 N–H and O–H groups in total.